The number of benzene rings is 2. The average Bonchev–Trinajstić information content (AvgIpc) is 3.15. The molecular formula is C24H16Br2N4O3S. The van der Waals surface area contributed by atoms with Gasteiger partial charge in [0.1, 0.15) is 22.0 Å². The Morgan fingerprint density at radius 3 is 2.21 bits per heavy atom. The zero-order chi connectivity index (χ0) is 24.6. The van der Waals surface area contributed by atoms with Crippen LogP contribution in [0.4, 0.5) is 0 Å². The van der Waals surface area contributed by atoms with Gasteiger partial charge < -0.3 is 15.2 Å². The molecule has 1 aromatic heterocycles. The highest BCUT2D eigenvalue weighted by atomic mass is 79.9. The maximum atomic E-state index is 13.3. The molecule has 2 heterocycles. The summed E-state index contributed by atoms with van der Waals surface area (Å²) in [6.45, 7) is 0. The van der Waals surface area contributed by atoms with Crippen LogP contribution in [0.25, 0.3) is 17.5 Å². The van der Waals surface area contributed by atoms with E-state index in [0.29, 0.717) is 30.7 Å². The van der Waals surface area contributed by atoms with Crippen LogP contribution >= 0.6 is 43.2 Å². The van der Waals surface area contributed by atoms with Crippen molar-refractivity contribution in [3.63, 3.8) is 0 Å². The average molecular weight is 600 g/mol. The standard InChI is InChI=1S/C24H16Br2N4O3S/c1-32-18-5-3-12(7-16(18)25)8-20-23(31)30-22(29)14(10-27)21(15(11-28)24(30)34-20)13-4-6-19(33-2)17(26)9-13/h3-9,21H,29H2,1-2H3/b20-8-. The minimum absolute atomic E-state index is 0.0188. The van der Waals surface area contributed by atoms with E-state index >= 15 is 0 Å². The lowest BCUT2D eigenvalue weighted by molar-refractivity contribution is 0.412. The Morgan fingerprint density at radius 1 is 1.03 bits per heavy atom. The van der Waals surface area contributed by atoms with Gasteiger partial charge in [-0.25, -0.2) is 0 Å². The van der Waals surface area contributed by atoms with Crippen LogP contribution in [0.15, 0.2) is 55.7 Å². The zero-order valence-electron chi connectivity index (χ0n) is 17.9. The molecule has 0 bridgehead atoms. The number of nitriles is 2. The van der Waals surface area contributed by atoms with Crippen molar-refractivity contribution in [2.75, 3.05) is 14.2 Å². The Hall–Kier alpha value is -3.31. The number of nitrogens with zero attached hydrogens (tertiary/aromatic N) is 3. The first kappa shape index (κ1) is 23.8. The smallest absolute Gasteiger partial charge is 0.274 e. The van der Waals surface area contributed by atoms with E-state index in [-0.39, 0.29) is 22.5 Å². The van der Waals surface area contributed by atoms with Crippen molar-refractivity contribution in [3.05, 3.63) is 81.6 Å². The summed E-state index contributed by atoms with van der Waals surface area (Å²) in [4.78, 5) is 13.3. The molecule has 2 aromatic carbocycles. The predicted molar refractivity (Wildman–Crippen MR) is 138 cm³/mol. The molecule has 3 aromatic rings. The fourth-order valence-electron chi connectivity index (χ4n) is 3.77. The molecule has 4 rings (SSSR count). The highest BCUT2D eigenvalue weighted by Crippen LogP contribution is 2.38. The number of nitrogens with two attached hydrogens (primary N) is 1. The first-order valence-electron chi connectivity index (χ1n) is 9.79. The number of thiazole rings is 1. The van der Waals surface area contributed by atoms with Crippen molar-refractivity contribution in [1.82, 2.24) is 4.57 Å². The Labute approximate surface area is 215 Å². The molecule has 34 heavy (non-hydrogen) atoms. The summed E-state index contributed by atoms with van der Waals surface area (Å²) in [5, 5.41) is 20.0. The zero-order valence-corrected chi connectivity index (χ0v) is 21.9. The fraction of sp³-hybridized carbons (Fsp3) is 0.125. The van der Waals surface area contributed by atoms with Gasteiger partial charge in [0.2, 0.25) is 0 Å². The monoisotopic (exact) mass is 598 g/mol. The lowest BCUT2D eigenvalue weighted by atomic mass is 9.84. The third-order valence-corrected chi connectivity index (χ3v) is 7.72. The Balaban J connectivity index is 2.00. The third kappa shape index (κ3) is 3.94. The van der Waals surface area contributed by atoms with Crippen molar-refractivity contribution in [2.45, 2.75) is 5.92 Å². The summed E-state index contributed by atoms with van der Waals surface area (Å²) in [5.74, 6) is 0.589. The molecule has 10 heteroatoms. The Kier molecular flexibility index (Phi) is 6.67. The Bertz CT molecular complexity index is 1620. The molecular weight excluding hydrogens is 584 g/mol. The molecule has 0 radical (unpaired) electrons. The lowest BCUT2D eigenvalue weighted by Crippen LogP contribution is -2.38. The molecule has 170 valence electrons. The van der Waals surface area contributed by atoms with E-state index in [0.717, 1.165) is 21.4 Å². The molecule has 0 aliphatic carbocycles. The number of methoxy groups -OCH3 is 2. The second-order valence-corrected chi connectivity index (χ2v) is 9.95. The first-order chi connectivity index (χ1) is 16.3. The molecule has 1 aliphatic rings. The Morgan fingerprint density at radius 2 is 1.65 bits per heavy atom. The number of hydrogen-bond acceptors (Lipinski definition) is 7. The number of halogens is 2. The highest BCUT2D eigenvalue weighted by molar-refractivity contribution is 9.10. The molecule has 1 aliphatic heterocycles. The largest absolute Gasteiger partial charge is 0.496 e. The molecule has 1 unspecified atom stereocenters. The van der Waals surface area contributed by atoms with Gasteiger partial charge in [0.15, 0.2) is 0 Å². The number of aromatic nitrogens is 1. The quantitative estimate of drug-likeness (QED) is 0.492. The topological polar surface area (TPSA) is 114 Å². The van der Waals surface area contributed by atoms with Gasteiger partial charge in [-0.2, -0.15) is 10.5 Å². The van der Waals surface area contributed by atoms with E-state index in [2.05, 4.69) is 44.0 Å². The van der Waals surface area contributed by atoms with Crippen LogP contribution in [-0.4, -0.2) is 18.8 Å². The van der Waals surface area contributed by atoms with Crippen LogP contribution in [-0.2, 0) is 0 Å². The summed E-state index contributed by atoms with van der Waals surface area (Å²) < 4.78 is 14.0. The van der Waals surface area contributed by atoms with Gasteiger partial charge >= 0.3 is 0 Å². The van der Waals surface area contributed by atoms with Gasteiger partial charge in [-0.05, 0) is 73.3 Å². The van der Waals surface area contributed by atoms with Gasteiger partial charge in [-0.3, -0.25) is 9.36 Å². The highest BCUT2D eigenvalue weighted by Gasteiger charge is 2.32. The van der Waals surface area contributed by atoms with Gasteiger partial charge in [-0.15, -0.1) is 11.3 Å². The molecule has 0 saturated carbocycles. The molecule has 0 saturated heterocycles. The van der Waals surface area contributed by atoms with Gasteiger partial charge in [-0.1, -0.05) is 12.1 Å². The van der Waals surface area contributed by atoms with E-state index in [1.165, 1.54) is 4.57 Å². The number of fused-ring (bicyclic) bond motifs is 1. The van der Waals surface area contributed by atoms with Crippen LogP contribution in [0.5, 0.6) is 11.5 Å². The van der Waals surface area contributed by atoms with E-state index in [9.17, 15) is 15.3 Å². The maximum Gasteiger partial charge on any atom is 0.274 e. The summed E-state index contributed by atoms with van der Waals surface area (Å²) in [7, 11) is 3.12. The van der Waals surface area contributed by atoms with E-state index in [4.69, 9.17) is 15.2 Å². The molecule has 1 atom stereocenters. The number of allylic oxidation sites excluding steroid dienone is 1. The number of hydrogen-bond donors (Lipinski definition) is 1. The van der Waals surface area contributed by atoms with Crippen LogP contribution in [0.2, 0.25) is 0 Å². The van der Waals surface area contributed by atoms with Crippen LogP contribution in [0.3, 0.4) is 0 Å². The second-order valence-electron chi connectivity index (χ2n) is 7.21. The number of rotatable bonds is 4. The van der Waals surface area contributed by atoms with Crippen molar-refractivity contribution in [3.8, 4) is 23.6 Å². The summed E-state index contributed by atoms with van der Waals surface area (Å²) >= 11 is 8.06. The summed E-state index contributed by atoms with van der Waals surface area (Å²) in [5.41, 5.74) is 7.81. The molecule has 7 nitrogen and oxygen atoms in total. The molecule has 0 fully saturated rings. The van der Waals surface area contributed by atoms with Gasteiger partial charge in [0.05, 0.1) is 56.9 Å². The fourth-order valence-corrected chi connectivity index (χ4v) is 6.02. The van der Waals surface area contributed by atoms with E-state index in [1.54, 1.807) is 44.6 Å². The van der Waals surface area contributed by atoms with Crippen molar-refractivity contribution < 1.29 is 9.47 Å². The minimum Gasteiger partial charge on any atom is -0.496 e. The van der Waals surface area contributed by atoms with Crippen molar-refractivity contribution in [2.24, 2.45) is 5.73 Å². The molecule has 2 N–H and O–H groups in total. The van der Waals surface area contributed by atoms with Gasteiger partial charge in [0, 0.05) is 0 Å². The van der Waals surface area contributed by atoms with Crippen LogP contribution in [0, 0.1) is 22.7 Å². The minimum atomic E-state index is -0.710. The first-order valence-corrected chi connectivity index (χ1v) is 12.2. The SMILES string of the molecule is COc1ccc(/C=c2\sc3n(c2=O)C(N)=C(C#N)C(c2ccc(OC)c(Br)c2)C=3C#N)cc1Br. The summed E-state index contributed by atoms with van der Waals surface area (Å²) in [6, 6.07) is 15.1. The van der Waals surface area contributed by atoms with E-state index in [1.807, 2.05) is 12.1 Å². The van der Waals surface area contributed by atoms with Crippen LogP contribution < -0.4 is 30.0 Å². The van der Waals surface area contributed by atoms with Gasteiger partial charge in [0.25, 0.3) is 5.56 Å². The van der Waals surface area contributed by atoms with Crippen molar-refractivity contribution >= 4 is 60.7 Å². The summed E-state index contributed by atoms with van der Waals surface area (Å²) in [6.07, 6.45) is 1.72. The van der Waals surface area contributed by atoms with Crippen molar-refractivity contribution in [1.29, 1.82) is 10.5 Å². The molecule has 0 spiro atoms. The number of ether oxygens (including phenoxy) is 2. The normalized spacial score (nSPS) is 15.5. The predicted octanol–water partition coefficient (Wildman–Crippen LogP) is 3.40. The lowest BCUT2D eigenvalue weighted by Gasteiger charge is -2.22. The third-order valence-electron chi connectivity index (χ3n) is 5.37. The van der Waals surface area contributed by atoms with Crippen LogP contribution in [0.1, 0.15) is 17.0 Å². The maximum absolute atomic E-state index is 13.3. The molecule has 0 amide bonds. The van der Waals surface area contributed by atoms with E-state index < -0.39 is 5.92 Å². The second kappa shape index (κ2) is 9.51.